The lowest BCUT2D eigenvalue weighted by Crippen LogP contribution is -2.55. The topological polar surface area (TPSA) is 3.24 Å². The van der Waals surface area contributed by atoms with Crippen LogP contribution in [0.3, 0.4) is 0 Å². The Kier molecular flexibility index (Phi) is 2.39. The van der Waals surface area contributed by atoms with Crippen LogP contribution in [-0.2, 0) is 0 Å². The van der Waals surface area contributed by atoms with Gasteiger partial charge in [-0.1, -0.05) is 24.8 Å². The summed E-state index contributed by atoms with van der Waals surface area (Å²) in [5.74, 6) is -2.44. The summed E-state index contributed by atoms with van der Waals surface area (Å²) in [5, 5.41) is 0. The average Bonchev–Trinajstić information content (AvgIpc) is 1.84. The molecule has 0 N–H and O–H groups in total. The minimum absolute atomic E-state index is 0.103. The molecule has 1 rings (SSSR count). The molecule has 1 aliphatic rings. The summed E-state index contributed by atoms with van der Waals surface area (Å²) >= 11 is 0. The van der Waals surface area contributed by atoms with Gasteiger partial charge < -0.3 is 0 Å². The Hall–Kier alpha value is -0.700. The second kappa shape index (κ2) is 3.13. The Balaban J connectivity index is 2.14. The number of allylic oxidation sites excluding steroid dienone is 2. The first kappa shape index (κ1) is 8.40. The molecule has 0 bridgehead atoms. The summed E-state index contributed by atoms with van der Waals surface area (Å²) in [6, 6.07) is 0. The van der Waals surface area contributed by atoms with Crippen LogP contribution in [0.2, 0.25) is 0 Å². The Bertz CT molecular complexity index is 167. The third-order valence-corrected chi connectivity index (χ3v) is 1.55. The number of alkyl halides is 2. The summed E-state index contributed by atoms with van der Waals surface area (Å²) in [5.41, 5.74) is 0. The molecule has 3 heteroatoms. The molecule has 0 atom stereocenters. The predicted octanol–water partition coefficient (Wildman–Crippen LogP) is 1.68. The molecule has 0 radical (unpaired) electrons. The molecule has 1 aliphatic heterocycles. The van der Waals surface area contributed by atoms with Crippen LogP contribution in [-0.4, -0.2) is 30.5 Å². The van der Waals surface area contributed by atoms with E-state index in [1.165, 1.54) is 0 Å². The maximum absolute atomic E-state index is 12.2. The van der Waals surface area contributed by atoms with Gasteiger partial charge in [0.15, 0.2) is 0 Å². The highest BCUT2D eigenvalue weighted by Crippen LogP contribution is 2.25. The van der Waals surface area contributed by atoms with E-state index in [2.05, 4.69) is 6.58 Å². The standard InChI is InChI=1S/C8H11F2N/c1-2-3-4-5-11-6-8(9,10)7-11/h2-4H,1,5-7H2/b4-3+. The number of likely N-dealkylation sites (tertiary alicyclic amines) is 1. The fourth-order valence-corrected chi connectivity index (χ4v) is 1.04. The van der Waals surface area contributed by atoms with Crippen molar-refractivity contribution >= 4 is 0 Å². The van der Waals surface area contributed by atoms with Crippen molar-refractivity contribution in [2.45, 2.75) is 5.92 Å². The van der Waals surface area contributed by atoms with Gasteiger partial charge in [0.25, 0.3) is 5.92 Å². The summed E-state index contributed by atoms with van der Waals surface area (Å²) in [6.07, 6.45) is 5.22. The lowest BCUT2D eigenvalue weighted by Gasteiger charge is -2.37. The van der Waals surface area contributed by atoms with E-state index in [4.69, 9.17) is 0 Å². The molecule has 0 amide bonds. The van der Waals surface area contributed by atoms with Gasteiger partial charge in [-0.15, -0.1) is 0 Å². The zero-order valence-electron chi connectivity index (χ0n) is 6.26. The average molecular weight is 159 g/mol. The number of rotatable bonds is 3. The van der Waals surface area contributed by atoms with Crippen LogP contribution in [0.5, 0.6) is 0 Å². The van der Waals surface area contributed by atoms with Gasteiger partial charge in [0, 0.05) is 6.54 Å². The highest BCUT2D eigenvalue weighted by Gasteiger charge is 2.42. The summed E-state index contributed by atoms with van der Waals surface area (Å²) in [4.78, 5) is 1.68. The summed E-state index contributed by atoms with van der Waals surface area (Å²) in [6.45, 7) is 3.87. The second-order valence-electron chi connectivity index (χ2n) is 2.69. The SMILES string of the molecule is C=C/C=C/CN1CC(F)(F)C1. The normalized spacial score (nSPS) is 23.5. The first-order valence-electron chi connectivity index (χ1n) is 3.52. The van der Waals surface area contributed by atoms with Gasteiger partial charge in [0.05, 0.1) is 13.1 Å². The van der Waals surface area contributed by atoms with E-state index >= 15 is 0 Å². The van der Waals surface area contributed by atoms with E-state index in [-0.39, 0.29) is 13.1 Å². The van der Waals surface area contributed by atoms with Crippen molar-refractivity contribution in [1.82, 2.24) is 4.90 Å². The van der Waals surface area contributed by atoms with Crippen molar-refractivity contribution in [3.63, 3.8) is 0 Å². The Morgan fingerprint density at radius 3 is 2.55 bits per heavy atom. The van der Waals surface area contributed by atoms with E-state index in [0.717, 1.165) is 0 Å². The van der Waals surface area contributed by atoms with Gasteiger partial charge in [-0.3, -0.25) is 4.90 Å². The lowest BCUT2D eigenvalue weighted by molar-refractivity contribution is -0.125. The van der Waals surface area contributed by atoms with Crippen molar-refractivity contribution in [2.75, 3.05) is 19.6 Å². The monoisotopic (exact) mass is 159 g/mol. The zero-order valence-corrected chi connectivity index (χ0v) is 6.26. The second-order valence-corrected chi connectivity index (χ2v) is 2.69. The molecule has 0 spiro atoms. The van der Waals surface area contributed by atoms with Crippen molar-refractivity contribution in [3.05, 3.63) is 24.8 Å². The van der Waals surface area contributed by atoms with Gasteiger partial charge in [-0.05, 0) is 0 Å². The highest BCUT2D eigenvalue weighted by molar-refractivity contribution is 5.00. The van der Waals surface area contributed by atoms with Crippen LogP contribution in [0.25, 0.3) is 0 Å². The van der Waals surface area contributed by atoms with Gasteiger partial charge in [0.2, 0.25) is 0 Å². The van der Waals surface area contributed by atoms with Gasteiger partial charge in [-0.2, -0.15) is 0 Å². The minimum atomic E-state index is -2.44. The van der Waals surface area contributed by atoms with E-state index in [1.807, 2.05) is 6.08 Å². The number of halogens is 2. The molecular formula is C8H11F2N. The quantitative estimate of drug-likeness (QED) is 0.566. The number of hydrogen-bond donors (Lipinski definition) is 0. The Morgan fingerprint density at radius 2 is 2.09 bits per heavy atom. The molecule has 62 valence electrons. The summed E-state index contributed by atoms with van der Waals surface area (Å²) in [7, 11) is 0. The fraction of sp³-hybridized carbons (Fsp3) is 0.500. The first-order chi connectivity index (χ1) is 5.14. The van der Waals surface area contributed by atoms with Gasteiger partial charge in [0.1, 0.15) is 0 Å². The minimum Gasteiger partial charge on any atom is -0.288 e. The van der Waals surface area contributed by atoms with Crippen LogP contribution >= 0.6 is 0 Å². The van der Waals surface area contributed by atoms with Gasteiger partial charge in [-0.25, -0.2) is 8.78 Å². The van der Waals surface area contributed by atoms with E-state index in [0.29, 0.717) is 6.54 Å². The van der Waals surface area contributed by atoms with Crippen molar-refractivity contribution in [2.24, 2.45) is 0 Å². The molecule has 11 heavy (non-hydrogen) atoms. The Morgan fingerprint density at radius 1 is 1.45 bits per heavy atom. The van der Waals surface area contributed by atoms with E-state index in [9.17, 15) is 8.78 Å². The smallest absolute Gasteiger partial charge is 0.272 e. The third kappa shape index (κ3) is 2.42. The van der Waals surface area contributed by atoms with Crippen molar-refractivity contribution in [1.29, 1.82) is 0 Å². The molecular weight excluding hydrogens is 148 g/mol. The molecule has 1 heterocycles. The molecule has 0 aromatic carbocycles. The highest BCUT2D eigenvalue weighted by atomic mass is 19.3. The van der Waals surface area contributed by atoms with Crippen LogP contribution in [0.4, 0.5) is 8.78 Å². The lowest BCUT2D eigenvalue weighted by atomic mass is 10.1. The molecule has 0 aliphatic carbocycles. The van der Waals surface area contributed by atoms with E-state index < -0.39 is 5.92 Å². The number of nitrogens with zero attached hydrogens (tertiary/aromatic N) is 1. The van der Waals surface area contributed by atoms with E-state index in [1.54, 1.807) is 17.1 Å². The van der Waals surface area contributed by atoms with Crippen molar-refractivity contribution in [3.8, 4) is 0 Å². The molecule has 0 aromatic heterocycles. The summed E-state index contributed by atoms with van der Waals surface area (Å²) < 4.78 is 24.4. The molecule has 0 unspecified atom stereocenters. The van der Waals surface area contributed by atoms with Crippen LogP contribution in [0, 0.1) is 0 Å². The van der Waals surface area contributed by atoms with Crippen LogP contribution in [0.15, 0.2) is 24.8 Å². The van der Waals surface area contributed by atoms with Gasteiger partial charge >= 0.3 is 0 Å². The predicted molar refractivity (Wildman–Crippen MR) is 40.7 cm³/mol. The van der Waals surface area contributed by atoms with Crippen molar-refractivity contribution < 1.29 is 8.78 Å². The molecule has 1 nitrogen and oxygen atoms in total. The fourth-order valence-electron chi connectivity index (χ4n) is 1.04. The third-order valence-electron chi connectivity index (χ3n) is 1.55. The van der Waals surface area contributed by atoms with Crippen LogP contribution in [0.1, 0.15) is 0 Å². The maximum atomic E-state index is 12.2. The molecule has 0 aromatic rings. The molecule has 0 saturated carbocycles. The maximum Gasteiger partial charge on any atom is 0.272 e. The number of hydrogen-bond acceptors (Lipinski definition) is 1. The first-order valence-corrected chi connectivity index (χ1v) is 3.52. The molecule has 1 saturated heterocycles. The van der Waals surface area contributed by atoms with Crippen LogP contribution < -0.4 is 0 Å². The Labute approximate surface area is 65.0 Å². The largest absolute Gasteiger partial charge is 0.288 e. The molecule has 1 fully saturated rings. The zero-order chi connectivity index (χ0) is 8.32.